The number of benzene rings is 2. The van der Waals surface area contributed by atoms with E-state index in [-0.39, 0.29) is 24.1 Å². The van der Waals surface area contributed by atoms with E-state index in [1.165, 1.54) is 18.0 Å². The van der Waals surface area contributed by atoms with Gasteiger partial charge in [-0.05, 0) is 83.8 Å². The molecule has 0 N–H and O–H groups in total. The van der Waals surface area contributed by atoms with Crippen molar-refractivity contribution in [2.45, 2.75) is 57.4 Å². The minimum absolute atomic E-state index is 0.00646. The number of halogens is 9. The zero-order chi connectivity index (χ0) is 33.9. The lowest BCUT2D eigenvalue weighted by atomic mass is 9.94. The summed E-state index contributed by atoms with van der Waals surface area (Å²) in [7, 11) is 3.20. The van der Waals surface area contributed by atoms with Gasteiger partial charge >= 0.3 is 18.5 Å². The zero-order valence-corrected chi connectivity index (χ0v) is 24.9. The van der Waals surface area contributed by atoms with Crippen LogP contribution in [0.25, 0.3) is 0 Å². The van der Waals surface area contributed by atoms with E-state index in [4.69, 9.17) is 0 Å². The number of aryl methyl sites for hydroxylation is 1. The van der Waals surface area contributed by atoms with Crippen LogP contribution in [0.4, 0.5) is 45.5 Å². The lowest BCUT2D eigenvalue weighted by Crippen LogP contribution is -2.30. The fraction of sp³-hybridized carbons (Fsp3) is 0.400. The van der Waals surface area contributed by atoms with E-state index in [0.717, 1.165) is 22.5 Å². The molecule has 4 aromatic rings. The van der Waals surface area contributed by atoms with Gasteiger partial charge in [-0.2, -0.15) is 44.3 Å². The molecule has 4 rings (SSSR count). The Morgan fingerprint density at radius 1 is 0.804 bits per heavy atom. The number of alkyl halides is 9. The first-order valence-electron chi connectivity index (χ1n) is 14.0. The molecule has 248 valence electrons. The summed E-state index contributed by atoms with van der Waals surface area (Å²) < 4.78 is 123. The van der Waals surface area contributed by atoms with Crippen molar-refractivity contribution in [1.29, 1.82) is 0 Å². The average Bonchev–Trinajstić information content (AvgIpc) is 3.42. The van der Waals surface area contributed by atoms with Crippen molar-refractivity contribution >= 4 is 5.95 Å². The Hall–Kier alpha value is -4.21. The Balaban J connectivity index is 1.77. The van der Waals surface area contributed by atoms with Gasteiger partial charge in [0.15, 0.2) is 0 Å². The molecule has 0 aliphatic heterocycles. The van der Waals surface area contributed by atoms with Gasteiger partial charge in [0, 0.05) is 38.1 Å². The van der Waals surface area contributed by atoms with Crippen LogP contribution >= 0.6 is 0 Å². The fourth-order valence-corrected chi connectivity index (χ4v) is 5.16. The molecule has 2 aromatic heterocycles. The standard InChI is InChI=1S/C30H30F9N7/c1-4-26(44(2)11-9-19-6-5-10-40-16-19)25-8-7-22(28(31,32)33)14-21(25)18-46(27-41-43-45(3)42-27)17-20-12-23(29(34,35)36)15-24(13-20)30(37,38)39/h5-8,10,12-16,26H,4,9,11,17-18H2,1-3H3. The molecule has 0 radical (unpaired) electrons. The third-order valence-corrected chi connectivity index (χ3v) is 7.39. The summed E-state index contributed by atoms with van der Waals surface area (Å²) in [5.74, 6) is -0.199. The van der Waals surface area contributed by atoms with Gasteiger partial charge in [-0.1, -0.05) is 24.2 Å². The van der Waals surface area contributed by atoms with Crippen LogP contribution in [0, 0.1) is 0 Å². The maximum absolute atomic E-state index is 13.9. The molecule has 0 bridgehead atoms. The predicted octanol–water partition coefficient (Wildman–Crippen LogP) is 7.49. The quantitative estimate of drug-likeness (QED) is 0.156. The summed E-state index contributed by atoms with van der Waals surface area (Å²) in [4.78, 5) is 8.27. The second kappa shape index (κ2) is 13.6. The van der Waals surface area contributed by atoms with Gasteiger partial charge in [-0.3, -0.25) is 9.88 Å². The topological polar surface area (TPSA) is 63.0 Å². The molecule has 0 amide bonds. The summed E-state index contributed by atoms with van der Waals surface area (Å²) in [6, 6.07) is 7.66. The van der Waals surface area contributed by atoms with Gasteiger partial charge in [-0.15, -0.1) is 5.10 Å². The number of rotatable bonds is 11. The van der Waals surface area contributed by atoms with Crippen LogP contribution in [-0.4, -0.2) is 43.7 Å². The van der Waals surface area contributed by atoms with Gasteiger partial charge in [0.2, 0.25) is 0 Å². The number of tetrazole rings is 1. The van der Waals surface area contributed by atoms with Crippen LogP contribution in [0.5, 0.6) is 0 Å². The second-order valence-corrected chi connectivity index (χ2v) is 10.8. The summed E-state index contributed by atoms with van der Waals surface area (Å²) in [5, 5.41) is 11.6. The molecule has 7 nitrogen and oxygen atoms in total. The van der Waals surface area contributed by atoms with Gasteiger partial charge in [0.05, 0.1) is 23.7 Å². The summed E-state index contributed by atoms with van der Waals surface area (Å²) in [6.07, 6.45) is -10.5. The highest BCUT2D eigenvalue weighted by molar-refractivity contribution is 5.42. The predicted molar refractivity (Wildman–Crippen MR) is 150 cm³/mol. The van der Waals surface area contributed by atoms with Crippen molar-refractivity contribution in [2.75, 3.05) is 18.5 Å². The normalized spacial score (nSPS) is 13.3. The average molecular weight is 660 g/mol. The molecule has 0 aliphatic carbocycles. The van der Waals surface area contributed by atoms with E-state index in [9.17, 15) is 39.5 Å². The molecular formula is C30H30F9N7. The highest BCUT2D eigenvalue weighted by Gasteiger charge is 2.37. The maximum atomic E-state index is 13.9. The molecule has 46 heavy (non-hydrogen) atoms. The largest absolute Gasteiger partial charge is 0.416 e. The van der Waals surface area contributed by atoms with Crippen molar-refractivity contribution in [1.82, 2.24) is 30.1 Å². The number of nitrogens with zero attached hydrogens (tertiary/aromatic N) is 7. The first-order chi connectivity index (χ1) is 21.5. The molecule has 1 atom stereocenters. The Morgan fingerprint density at radius 2 is 1.46 bits per heavy atom. The van der Waals surface area contributed by atoms with Crippen LogP contribution < -0.4 is 4.90 Å². The molecule has 0 fully saturated rings. The second-order valence-electron chi connectivity index (χ2n) is 10.8. The molecule has 0 saturated carbocycles. The van der Waals surface area contributed by atoms with Crippen LogP contribution in [0.1, 0.15) is 58.3 Å². The van der Waals surface area contributed by atoms with E-state index in [1.54, 1.807) is 18.5 Å². The van der Waals surface area contributed by atoms with E-state index >= 15 is 0 Å². The summed E-state index contributed by atoms with van der Waals surface area (Å²) in [5.41, 5.74) is -2.82. The molecule has 16 heteroatoms. The Morgan fingerprint density at radius 3 is 1.98 bits per heavy atom. The molecule has 0 aliphatic rings. The first kappa shape index (κ1) is 34.7. The SMILES string of the molecule is CCC(c1ccc(C(F)(F)F)cc1CN(Cc1cc(C(F)(F)F)cc(C(F)(F)F)c1)c1nnn(C)n1)N(C)CCc1cccnc1. The molecule has 1 unspecified atom stereocenters. The van der Waals surface area contributed by atoms with Crippen molar-refractivity contribution in [2.24, 2.45) is 7.05 Å². The Kier molecular flexibility index (Phi) is 10.3. The van der Waals surface area contributed by atoms with Crippen molar-refractivity contribution in [3.63, 3.8) is 0 Å². The highest BCUT2D eigenvalue weighted by atomic mass is 19.4. The number of hydrogen-bond donors (Lipinski definition) is 0. The fourth-order valence-electron chi connectivity index (χ4n) is 5.16. The van der Waals surface area contributed by atoms with E-state index < -0.39 is 53.4 Å². The van der Waals surface area contributed by atoms with E-state index in [0.29, 0.717) is 37.1 Å². The first-order valence-corrected chi connectivity index (χ1v) is 14.0. The molecule has 2 heterocycles. The molecule has 0 saturated heterocycles. The maximum Gasteiger partial charge on any atom is 0.416 e. The number of hydrogen-bond acceptors (Lipinski definition) is 6. The van der Waals surface area contributed by atoms with Crippen LogP contribution in [-0.2, 0) is 45.1 Å². The lowest BCUT2D eigenvalue weighted by molar-refractivity contribution is -0.143. The molecule has 2 aromatic carbocycles. The van der Waals surface area contributed by atoms with Gasteiger partial charge in [0.1, 0.15) is 0 Å². The van der Waals surface area contributed by atoms with Crippen molar-refractivity contribution in [3.8, 4) is 0 Å². The van der Waals surface area contributed by atoms with Crippen LogP contribution in [0.2, 0.25) is 0 Å². The Labute approximate surface area is 258 Å². The smallest absolute Gasteiger partial charge is 0.330 e. The van der Waals surface area contributed by atoms with Gasteiger partial charge in [0.25, 0.3) is 5.95 Å². The number of anilines is 1. The van der Waals surface area contributed by atoms with E-state index in [2.05, 4.69) is 20.4 Å². The third kappa shape index (κ3) is 8.73. The number of pyridine rings is 1. The van der Waals surface area contributed by atoms with Gasteiger partial charge < -0.3 is 4.90 Å². The number of likely N-dealkylation sites (N-methyl/N-ethyl adjacent to an activating group) is 1. The van der Waals surface area contributed by atoms with Crippen LogP contribution in [0.3, 0.4) is 0 Å². The van der Waals surface area contributed by atoms with Crippen molar-refractivity contribution < 1.29 is 39.5 Å². The van der Waals surface area contributed by atoms with Crippen molar-refractivity contribution in [3.05, 3.63) is 99.9 Å². The summed E-state index contributed by atoms with van der Waals surface area (Å²) in [6.45, 7) is 1.40. The van der Waals surface area contributed by atoms with Crippen LogP contribution in [0.15, 0.2) is 60.9 Å². The zero-order valence-electron chi connectivity index (χ0n) is 24.9. The minimum atomic E-state index is -5.09. The highest BCUT2D eigenvalue weighted by Crippen LogP contribution is 2.38. The van der Waals surface area contributed by atoms with Gasteiger partial charge in [-0.25, -0.2) is 0 Å². The third-order valence-electron chi connectivity index (χ3n) is 7.39. The monoisotopic (exact) mass is 659 g/mol. The number of aromatic nitrogens is 5. The molecule has 0 spiro atoms. The minimum Gasteiger partial charge on any atom is -0.330 e. The lowest BCUT2D eigenvalue weighted by Gasteiger charge is -2.31. The summed E-state index contributed by atoms with van der Waals surface area (Å²) >= 11 is 0. The molecular weight excluding hydrogens is 629 g/mol. The Bertz CT molecular complexity index is 1570. The van der Waals surface area contributed by atoms with E-state index in [1.807, 2.05) is 24.9 Å².